The molecule has 0 fully saturated rings. The fourth-order valence-corrected chi connectivity index (χ4v) is 4.48. The van der Waals surface area contributed by atoms with E-state index in [1.54, 1.807) is 6.08 Å². The van der Waals surface area contributed by atoms with Crippen molar-refractivity contribution >= 4 is 47.7 Å². The number of pyridine rings is 1. The Morgan fingerprint density at radius 1 is 1.26 bits per heavy atom. The number of anilines is 1. The lowest BCUT2D eigenvalue weighted by molar-refractivity contribution is -0.137. The molecule has 35 heavy (non-hydrogen) atoms. The Morgan fingerprint density at radius 2 is 1.89 bits per heavy atom. The van der Waals surface area contributed by atoms with E-state index in [-0.39, 0.29) is 21.5 Å². The molecule has 0 atom stereocenters. The maximum atomic E-state index is 13.1. The van der Waals surface area contributed by atoms with Gasteiger partial charge >= 0.3 is 5.97 Å². The minimum absolute atomic E-state index is 0.0364. The summed E-state index contributed by atoms with van der Waals surface area (Å²) in [6, 6.07) is 8.07. The van der Waals surface area contributed by atoms with Crippen molar-refractivity contribution in [1.29, 1.82) is 0 Å². The van der Waals surface area contributed by atoms with Crippen LogP contribution in [0.2, 0.25) is 0 Å². The number of aromatic nitrogens is 1. The molecule has 1 aliphatic rings. The number of benzene rings is 1. The Hall–Kier alpha value is -3.76. The first-order valence-corrected chi connectivity index (χ1v) is 11.3. The lowest BCUT2D eigenvalue weighted by Gasteiger charge is -2.32. The van der Waals surface area contributed by atoms with Crippen LogP contribution in [0.15, 0.2) is 45.2 Å². The van der Waals surface area contributed by atoms with Gasteiger partial charge in [0.2, 0.25) is 0 Å². The van der Waals surface area contributed by atoms with Gasteiger partial charge in [0.1, 0.15) is 6.54 Å². The van der Waals surface area contributed by atoms with Crippen LogP contribution in [0.5, 0.6) is 5.88 Å². The third kappa shape index (κ3) is 5.50. The molecule has 1 aromatic heterocycles. The number of hydrogen-bond donors (Lipinski definition) is 2. The maximum absolute atomic E-state index is 13.1. The van der Waals surface area contributed by atoms with Crippen molar-refractivity contribution in [1.82, 2.24) is 4.57 Å². The fourth-order valence-electron chi connectivity index (χ4n) is 4.24. The normalized spacial score (nSPS) is 16.9. The number of allylic oxidation sites excluding steroid dienone is 3. The highest BCUT2D eigenvalue weighted by Gasteiger charge is 2.29. The number of carboxylic acid groups (broad SMARTS) is 1. The largest absolute Gasteiger partial charge is 0.503 e. The molecule has 0 saturated heterocycles. The van der Waals surface area contributed by atoms with Gasteiger partial charge in [0.15, 0.2) is 5.88 Å². The molecule has 0 unspecified atom stereocenters. The minimum Gasteiger partial charge on any atom is -0.503 e. The second kappa shape index (κ2) is 9.85. The van der Waals surface area contributed by atoms with E-state index < -0.39 is 24.0 Å². The van der Waals surface area contributed by atoms with Gasteiger partial charge in [0, 0.05) is 30.0 Å². The molecule has 182 valence electrons. The molecule has 0 aliphatic heterocycles. The standard InChI is InChI=1S/C27H28ClN3O4/c1-16-21(25(34)31(15-22(32)33)26(35)24(16)29-4)12-19-14-27(2,3)13-18(23(19)28)11-17-7-9-20(10-8-17)30(5)6/h7-12,35H,1,13-15H2,2-3,5-6H3,(H,32,33). The van der Waals surface area contributed by atoms with Crippen LogP contribution in [0.25, 0.3) is 23.6 Å². The minimum atomic E-state index is -1.32. The Kier molecular flexibility index (Phi) is 7.27. The molecule has 0 bridgehead atoms. The topological polar surface area (TPSA) is 87.1 Å². The number of carboxylic acids is 1. The predicted molar refractivity (Wildman–Crippen MR) is 140 cm³/mol. The van der Waals surface area contributed by atoms with Crippen LogP contribution >= 0.6 is 11.6 Å². The molecule has 0 radical (unpaired) electrons. The van der Waals surface area contributed by atoms with E-state index in [1.807, 2.05) is 49.3 Å². The molecule has 0 amide bonds. The van der Waals surface area contributed by atoms with E-state index in [0.29, 0.717) is 21.6 Å². The smallest absolute Gasteiger partial charge is 0.323 e. The number of nitrogens with zero attached hydrogens (tertiary/aromatic N) is 3. The molecule has 7 nitrogen and oxygen atoms in total. The van der Waals surface area contributed by atoms with Crippen molar-refractivity contribution in [2.24, 2.45) is 5.41 Å². The van der Waals surface area contributed by atoms with Gasteiger partial charge < -0.3 is 15.1 Å². The molecule has 3 rings (SSSR count). The summed E-state index contributed by atoms with van der Waals surface area (Å²) in [4.78, 5) is 29.6. The zero-order valence-electron chi connectivity index (χ0n) is 20.2. The maximum Gasteiger partial charge on any atom is 0.323 e. The van der Waals surface area contributed by atoms with Gasteiger partial charge in [-0.25, -0.2) is 4.85 Å². The third-order valence-electron chi connectivity index (χ3n) is 5.93. The summed E-state index contributed by atoms with van der Waals surface area (Å²) in [5, 5.41) is 20.1. The third-order valence-corrected chi connectivity index (χ3v) is 6.42. The molecule has 1 aromatic carbocycles. The van der Waals surface area contributed by atoms with E-state index >= 15 is 0 Å². The molecular formula is C27H28ClN3O4. The average molecular weight is 494 g/mol. The summed E-state index contributed by atoms with van der Waals surface area (Å²) in [5.41, 5.74) is 2.49. The second-order valence-corrected chi connectivity index (χ2v) is 10.00. The molecule has 2 N–H and O–H groups in total. The van der Waals surface area contributed by atoms with Gasteiger partial charge in [0.25, 0.3) is 11.2 Å². The van der Waals surface area contributed by atoms with Crippen LogP contribution in [0.1, 0.15) is 32.3 Å². The van der Waals surface area contributed by atoms with Crippen molar-refractivity contribution in [3.8, 4) is 5.88 Å². The van der Waals surface area contributed by atoms with Gasteiger partial charge in [0.05, 0.1) is 6.57 Å². The van der Waals surface area contributed by atoms with Crippen molar-refractivity contribution in [2.75, 3.05) is 19.0 Å². The lowest BCUT2D eigenvalue weighted by atomic mass is 9.74. The van der Waals surface area contributed by atoms with E-state index in [4.69, 9.17) is 18.2 Å². The molecule has 8 heteroatoms. The highest BCUT2D eigenvalue weighted by atomic mass is 35.5. The molecule has 1 heterocycles. The molecule has 0 saturated carbocycles. The summed E-state index contributed by atoms with van der Waals surface area (Å²) in [5.74, 6) is -2.02. The van der Waals surface area contributed by atoms with E-state index in [2.05, 4.69) is 25.3 Å². The van der Waals surface area contributed by atoms with Crippen molar-refractivity contribution in [3.63, 3.8) is 0 Å². The number of carbonyl (C=O) groups is 1. The monoisotopic (exact) mass is 493 g/mol. The summed E-state index contributed by atoms with van der Waals surface area (Å²) < 4.78 is 0.668. The lowest BCUT2D eigenvalue weighted by Crippen LogP contribution is -2.45. The van der Waals surface area contributed by atoms with Crippen LogP contribution in [-0.4, -0.2) is 34.8 Å². The predicted octanol–water partition coefficient (Wildman–Crippen LogP) is 3.84. The van der Waals surface area contributed by atoms with Gasteiger partial charge in [-0.05, 0) is 58.4 Å². The summed E-state index contributed by atoms with van der Waals surface area (Å²) >= 11 is 6.83. The quantitative estimate of drug-likeness (QED) is 0.618. The van der Waals surface area contributed by atoms with E-state index in [1.165, 1.54) is 0 Å². The van der Waals surface area contributed by atoms with Gasteiger partial charge in [-0.2, -0.15) is 0 Å². The second-order valence-electron chi connectivity index (χ2n) is 9.62. The van der Waals surface area contributed by atoms with E-state index in [9.17, 15) is 19.8 Å². The Bertz CT molecular complexity index is 1460. The highest BCUT2D eigenvalue weighted by molar-refractivity contribution is 6.33. The van der Waals surface area contributed by atoms with Crippen LogP contribution in [0, 0.1) is 12.0 Å². The molecule has 1 aliphatic carbocycles. The van der Waals surface area contributed by atoms with Crippen molar-refractivity contribution in [3.05, 3.63) is 78.2 Å². The van der Waals surface area contributed by atoms with Gasteiger partial charge in [-0.1, -0.05) is 43.7 Å². The Morgan fingerprint density at radius 3 is 2.43 bits per heavy atom. The first-order chi connectivity index (χ1) is 16.3. The Labute approximate surface area is 209 Å². The number of aromatic hydroxyl groups is 1. The number of hydrogen-bond acceptors (Lipinski definition) is 4. The van der Waals surface area contributed by atoms with Crippen LogP contribution in [0.4, 0.5) is 11.4 Å². The van der Waals surface area contributed by atoms with Crippen molar-refractivity contribution < 1.29 is 15.0 Å². The average Bonchev–Trinajstić information content (AvgIpc) is 2.77. The fraction of sp³-hybridized carbons (Fsp3) is 0.296. The number of rotatable bonds is 5. The zero-order valence-corrected chi connectivity index (χ0v) is 21.0. The van der Waals surface area contributed by atoms with Crippen LogP contribution in [-0.2, 0) is 11.3 Å². The van der Waals surface area contributed by atoms with Crippen molar-refractivity contribution in [2.45, 2.75) is 33.2 Å². The van der Waals surface area contributed by atoms with Crippen LogP contribution in [0.3, 0.4) is 0 Å². The van der Waals surface area contributed by atoms with Gasteiger partial charge in [-0.3, -0.25) is 14.2 Å². The Balaban J connectivity index is 2.24. The summed E-state index contributed by atoms with van der Waals surface area (Å²) in [6.45, 7) is 14.6. The highest BCUT2D eigenvalue weighted by Crippen LogP contribution is 2.44. The van der Waals surface area contributed by atoms with E-state index in [0.717, 1.165) is 23.2 Å². The molecular weight excluding hydrogens is 466 g/mol. The van der Waals surface area contributed by atoms with Gasteiger partial charge in [-0.15, -0.1) is 6.58 Å². The first-order valence-electron chi connectivity index (χ1n) is 11.0. The zero-order chi connectivity index (χ0) is 26.1. The molecule has 2 aromatic rings. The SMILES string of the molecule is [C-]#[N+]c1c(O)n(CC(=O)O)c(=O)c(=CC2=C(Cl)C(=Cc3ccc(N(C)C)cc3)CC(C)(C)C2)c1=C. The first kappa shape index (κ1) is 25.9. The number of aliphatic carboxylic acids is 1. The summed E-state index contributed by atoms with van der Waals surface area (Å²) in [6.07, 6.45) is 4.88. The molecule has 0 spiro atoms. The summed E-state index contributed by atoms with van der Waals surface area (Å²) in [7, 11) is 3.95. The van der Waals surface area contributed by atoms with Crippen LogP contribution < -0.4 is 20.9 Å². The number of halogens is 1.